The van der Waals surface area contributed by atoms with Crippen LogP contribution in [-0.2, 0) is 21.3 Å². The number of amides is 1. The molecule has 0 fully saturated rings. The molecule has 0 saturated heterocycles. The summed E-state index contributed by atoms with van der Waals surface area (Å²) in [5.41, 5.74) is 6.79. The molecule has 1 heterocycles. The molecular formula is C20H18N2O4S. The maximum absolute atomic E-state index is 13.0. The monoisotopic (exact) mass is 382 g/mol. The van der Waals surface area contributed by atoms with E-state index in [0.717, 1.165) is 5.39 Å². The molecule has 0 aromatic heterocycles. The lowest BCUT2D eigenvalue weighted by molar-refractivity contribution is -0.120. The number of nitrogens with one attached hydrogen (secondary N) is 1. The topological polar surface area (TPSA) is 98.5 Å². The van der Waals surface area contributed by atoms with Crippen molar-refractivity contribution < 1.29 is 17.4 Å². The van der Waals surface area contributed by atoms with Crippen LogP contribution in [-0.4, -0.2) is 20.9 Å². The third-order valence-electron chi connectivity index (χ3n) is 4.71. The van der Waals surface area contributed by atoms with E-state index in [9.17, 15) is 13.2 Å². The Morgan fingerprint density at radius 1 is 1.04 bits per heavy atom. The van der Waals surface area contributed by atoms with Gasteiger partial charge in [0.05, 0.1) is 0 Å². The number of nitrogens with two attached hydrogens (primary N) is 1. The van der Waals surface area contributed by atoms with Crippen molar-refractivity contribution in [1.82, 2.24) is 5.32 Å². The Hall–Kier alpha value is -2.90. The first kappa shape index (κ1) is 17.5. The second-order valence-electron chi connectivity index (χ2n) is 6.38. The minimum atomic E-state index is -4.05. The number of benzene rings is 3. The Kier molecular flexibility index (Phi) is 4.33. The minimum Gasteiger partial charge on any atom is -0.379 e. The van der Waals surface area contributed by atoms with Gasteiger partial charge >= 0.3 is 10.1 Å². The standard InChI is InChI=1S/C20H18N2O4S/c21-20(23)19-16-8-4-9-17(15(16)11-12-22-19)26-27(24,25)18-10-3-6-13-5-1-2-7-14(13)18/h1-10,19,22H,11-12H2,(H2,21,23). The molecule has 0 saturated carbocycles. The molecule has 0 spiro atoms. The van der Waals surface area contributed by atoms with Crippen LogP contribution in [0.15, 0.2) is 65.6 Å². The highest BCUT2D eigenvalue weighted by atomic mass is 32.2. The number of primary amides is 1. The molecule has 27 heavy (non-hydrogen) atoms. The highest BCUT2D eigenvalue weighted by Crippen LogP contribution is 2.33. The molecule has 0 bridgehead atoms. The van der Waals surface area contributed by atoms with Gasteiger partial charge in [0.2, 0.25) is 5.91 Å². The molecular weight excluding hydrogens is 364 g/mol. The zero-order valence-electron chi connectivity index (χ0n) is 14.4. The molecule has 7 heteroatoms. The predicted octanol–water partition coefficient (Wildman–Crippen LogP) is 2.28. The molecule has 1 amide bonds. The van der Waals surface area contributed by atoms with E-state index in [1.165, 1.54) is 6.07 Å². The quantitative estimate of drug-likeness (QED) is 0.675. The van der Waals surface area contributed by atoms with E-state index in [4.69, 9.17) is 9.92 Å². The highest BCUT2D eigenvalue weighted by molar-refractivity contribution is 7.87. The van der Waals surface area contributed by atoms with Crippen LogP contribution in [0.2, 0.25) is 0 Å². The number of carbonyl (C=O) groups is 1. The molecule has 1 aliphatic rings. The third kappa shape index (κ3) is 3.15. The average molecular weight is 382 g/mol. The van der Waals surface area contributed by atoms with Gasteiger partial charge in [-0.05, 0) is 29.5 Å². The smallest absolute Gasteiger partial charge is 0.339 e. The van der Waals surface area contributed by atoms with Crippen molar-refractivity contribution in [2.75, 3.05) is 6.54 Å². The van der Waals surface area contributed by atoms with Crippen molar-refractivity contribution in [1.29, 1.82) is 0 Å². The van der Waals surface area contributed by atoms with Crippen molar-refractivity contribution in [3.05, 3.63) is 71.8 Å². The largest absolute Gasteiger partial charge is 0.379 e. The molecule has 1 unspecified atom stereocenters. The van der Waals surface area contributed by atoms with Gasteiger partial charge < -0.3 is 15.2 Å². The van der Waals surface area contributed by atoms with Gasteiger partial charge in [-0.25, -0.2) is 0 Å². The van der Waals surface area contributed by atoms with Crippen molar-refractivity contribution >= 4 is 26.8 Å². The second-order valence-corrected chi connectivity index (χ2v) is 7.89. The summed E-state index contributed by atoms with van der Waals surface area (Å²) < 4.78 is 31.5. The number of hydrogen-bond acceptors (Lipinski definition) is 5. The third-order valence-corrected chi connectivity index (χ3v) is 6.00. The van der Waals surface area contributed by atoms with Crippen LogP contribution in [0, 0.1) is 0 Å². The summed E-state index contributed by atoms with van der Waals surface area (Å²) >= 11 is 0. The molecule has 1 atom stereocenters. The Bertz CT molecular complexity index is 1140. The van der Waals surface area contributed by atoms with Gasteiger partial charge in [-0.1, -0.05) is 48.5 Å². The van der Waals surface area contributed by atoms with Crippen molar-refractivity contribution in [2.24, 2.45) is 5.73 Å². The van der Waals surface area contributed by atoms with Crippen LogP contribution in [0.4, 0.5) is 0 Å². The Morgan fingerprint density at radius 3 is 2.59 bits per heavy atom. The fraction of sp³-hybridized carbons (Fsp3) is 0.150. The number of hydrogen-bond donors (Lipinski definition) is 2. The summed E-state index contributed by atoms with van der Waals surface area (Å²) in [7, 11) is -4.05. The van der Waals surface area contributed by atoms with E-state index in [1.807, 2.05) is 18.2 Å². The zero-order valence-corrected chi connectivity index (χ0v) is 15.2. The fourth-order valence-electron chi connectivity index (χ4n) is 3.48. The lowest BCUT2D eigenvalue weighted by Gasteiger charge is -2.26. The van der Waals surface area contributed by atoms with Crippen molar-refractivity contribution in [2.45, 2.75) is 17.4 Å². The fourth-order valence-corrected chi connectivity index (χ4v) is 4.66. The van der Waals surface area contributed by atoms with Crippen LogP contribution < -0.4 is 15.2 Å². The Morgan fingerprint density at radius 2 is 1.78 bits per heavy atom. The number of fused-ring (bicyclic) bond motifs is 2. The van der Waals surface area contributed by atoms with E-state index < -0.39 is 22.1 Å². The van der Waals surface area contributed by atoms with Gasteiger partial charge in [-0.2, -0.15) is 8.42 Å². The molecule has 138 valence electrons. The Balaban J connectivity index is 1.78. The van der Waals surface area contributed by atoms with Gasteiger partial charge in [0.25, 0.3) is 0 Å². The first-order chi connectivity index (χ1) is 13.0. The SMILES string of the molecule is NC(=O)C1NCCc2c(OS(=O)(=O)c3cccc4ccccc34)cccc21. The van der Waals surface area contributed by atoms with Gasteiger partial charge in [-0.3, -0.25) is 4.79 Å². The number of rotatable bonds is 4. The summed E-state index contributed by atoms with van der Waals surface area (Å²) in [5.74, 6) is -0.279. The summed E-state index contributed by atoms with van der Waals surface area (Å²) in [5, 5.41) is 4.45. The summed E-state index contributed by atoms with van der Waals surface area (Å²) in [4.78, 5) is 11.8. The second kappa shape index (κ2) is 6.68. The molecule has 3 N–H and O–H groups in total. The predicted molar refractivity (Wildman–Crippen MR) is 102 cm³/mol. The van der Waals surface area contributed by atoms with E-state index in [-0.39, 0.29) is 10.6 Å². The molecule has 0 aliphatic carbocycles. The van der Waals surface area contributed by atoms with Gasteiger partial charge in [0, 0.05) is 17.5 Å². The van der Waals surface area contributed by atoms with Crippen molar-refractivity contribution in [3.8, 4) is 5.75 Å². The van der Waals surface area contributed by atoms with Crippen LogP contribution >= 0.6 is 0 Å². The van der Waals surface area contributed by atoms with Crippen LogP contribution in [0.5, 0.6) is 5.75 Å². The molecule has 3 aromatic rings. The molecule has 1 aliphatic heterocycles. The number of carbonyl (C=O) groups excluding carboxylic acids is 1. The molecule has 4 rings (SSSR count). The van der Waals surface area contributed by atoms with Crippen molar-refractivity contribution in [3.63, 3.8) is 0 Å². The van der Waals surface area contributed by atoms with E-state index in [0.29, 0.717) is 29.5 Å². The Labute approximate surface area is 157 Å². The van der Waals surface area contributed by atoms with Gasteiger partial charge in [-0.15, -0.1) is 0 Å². The lowest BCUT2D eigenvalue weighted by atomic mass is 9.93. The van der Waals surface area contributed by atoms with Crippen LogP contribution in [0.25, 0.3) is 10.8 Å². The molecule has 6 nitrogen and oxygen atoms in total. The first-order valence-electron chi connectivity index (χ1n) is 8.54. The first-order valence-corrected chi connectivity index (χ1v) is 9.95. The normalized spacial score (nSPS) is 16.7. The summed E-state index contributed by atoms with van der Waals surface area (Å²) in [6.45, 7) is 0.509. The van der Waals surface area contributed by atoms with Crippen LogP contribution in [0.3, 0.4) is 0 Å². The lowest BCUT2D eigenvalue weighted by Crippen LogP contribution is -2.38. The minimum absolute atomic E-state index is 0.110. The zero-order chi connectivity index (χ0) is 19.0. The van der Waals surface area contributed by atoms with Gasteiger partial charge in [0.1, 0.15) is 16.7 Å². The maximum Gasteiger partial charge on any atom is 0.339 e. The van der Waals surface area contributed by atoms with E-state index in [1.54, 1.807) is 36.4 Å². The maximum atomic E-state index is 13.0. The molecule has 3 aromatic carbocycles. The van der Waals surface area contributed by atoms with Gasteiger partial charge in [0.15, 0.2) is 0 Å². The summed E-state index contributed by atoms with van der Waals surface area (Å²) in [6.07, 6.45) is 0.542. The summed E-state index contributed by atoms with van der Waals surface area (Å²) in [6, 6.07) is 16.7. The average Bonchev–Trinajstić information content (AvgIpc) is 2.67. The van der Waals surface area contributed by atoms with Crippen LogP contribution in [0.1, 0.15) is 17.2 Å². The van der Waals surface area contributed by atoms with E-state index >= 15 is 0 Å². The highest BCUT2D eigenvalue weighted by Gasteiger charge is 2.28. The van der Waals surface area contributed by atoms with E-state index in [2.05, 4.69) is 5.32 Å². The molecule has 0 radical (unpaired) electrons.